The minimum atomic E-state index is -0.740. The molecule has 0 aliphatic rings. The van der Waals surface area contributed by atoms with Crippen LogP contribution in [0, 0.1) is 5.92 Å². The average molecular weight is 475 g/mol. The number of aromatic nitrogens is 4. The number of nitrogen functional groups attached to an aromatic ring is 1. The largest absolute Gasteiger partial charge is 0.411 e. The third-order valence-electron chi connectivity index (χ3n) is 4.60. The topological polar surface area (TPSA) is 149 Å². The second-order valence-corrected chi connectivity index (χ2v) is 8.49. The Hall–Kier alpha value is -3.38. The zero-order chi connectivity index (χ0) is 24.0. The molecule has 3 N–H and O–H groups in total. The first-order chi connectivity index (χ1) is 15.8. The Morgan fingerprint density at radius 1 is 1.27 bits per heavy atom. The van der Waals surface area contributed by atoms with Crippen molar-refractivity contribution in [3.63, 3.8) is 0 Å². The van der Waals surface area contributed by atoms with E-state index in [0.717, 1.165) is 17.3 Å². The van der Waals surface area contributed by atoms with E-state index < -0.39 is 17.2 Å². The Bertz CT molecular complexity index is 1200. The molecule has 33 heavy (non-hydrogen) atoms. The number of methoxy groups -OCH3 is 1. The molecule has 1 amide bonds. The molecule has 11 nitrogen and oxygen atoms in total. The summed E-state index contributed by atoms with van der Waals surface area (Å²) in [4.78, 5) is 41.4. The van der Waals surface area contributed by atoms with Gasteiger partial charge >= 0.3 is 5.69 Å². The van der Waals surface area contributed by atoms with Gasteiger partial charge in [-0.05, 0) is 18.1 Å². The Labute approximate surface area is 194 Å². The molecule has 0 bridgehead atoms. The van der Waals surface area contributed by atoms with Crippen LogP contribution in [0.4, 0.5) is 11.5 Å². The molecular weight excluding hydrogens is 448 g/mol. The van der Waals surface area contributed by atoms with Gasteiger partial charge in [0.05, 0.1) is 12.4 Å². The molecule has 0 atom stereocenters. The van der Waals surface area contributed by atoms with E-state index in [-0.39, 0.29) is 41.6 Å². The smallest absolute Gasteiger partial charge is 0.330 e. The number of nitrogens with zero attached hydrogens (tertiary/aromatic N) is 4. The maximum Gasteiger partial charge on any atom is 0.330 e. The van der Waals surface area contributed by atoms with Crippen LogP contribution in [0.3, 0.4) is 0 Å². The molecule has 176 valence electrons. The minimum absolute atomic E-state index is 0.0716. The predicted octanol–water partition coefficient (Wildman–Crippen LogP) is 1.60. The van der Waals surface area contributed by atoms with Gasteiger partial charge in [0.2, 0.25) is 11.8 Å². The van der Waals surface area contributed by atoms with E-state index in [1.807, 2.05) is 44.2 Å². The van der Waals surface area contributed by atoms with Gasteiger partial charge in [0.1, 0.15) is 5.82 Å². The maximum absolute atomic E-state index is 13.1. The van der Waals surface area contributed by atoms with Crippen LogP contribution in [-0.4, -0.2) is 51.7 Å². The fourth-order valence-corrected chi connectivity index (χ4v) is 3.73. The number of aromatic amines is 1. The number of hydrogen-bond acceptors (Lipinski definition) is 9. The maximum atomic E-state index is 13.1. The van der Waals surface area contributed by atoms with Crippen molar-refractivity contribution in [1.82, 2.24) is 19.7 Å². The molecular formula is C21H26N6O5S. The second kappa shape index (κ2) is 11.0. The highest BCUT2D eigenvalue weighted by atomic mass is 32.2. The number of amides is 1. The normalized spacial score (nSPS) is 11.2. The van der Waals surface area contributed by atoms with Gasteiger partial charge in [0, 0.05) is 25.8 Å². The van der Waals surface area contributed by atoms with Crippen molar-refractivity contribution >= 4 is 29.2 Å². The predicted molar refractivity (Wildman–Crippen MR) is 125 cm³/mol. The summed E-state index contributed by atoms with van der Waals surface area (Å²) in [6.07, 6.45) is 0. The highest BCUT2D eigenvalue weighted by Gasteiger charge is 2.25. The Morgan fingerprint density at radius 2 is 2.00 bits per heavy atom. The molecule has 12 heteroatoms. The molecule has 2 aromatic heterocycles. The van der Waals surface area contributed by atoms with E-state index in [2.05, 4.69) is 15.2 Å². The van der Waals surface area contributed by atoms with E-state index in [9.17, 15) is 14.4 Å². The summed E-state index contributed by atoms with van der Waals surface area (Å²) in [6, 6.07) is 9.25. The number of rotatable bonds is 10. The number of hydrogen-bond donors (Lipinski definition) is 2. The van der Waals surface area contributed by atoms with Crippen LogP contribution < -0.4 is 21.9 Å². The Morgan fingerprint density at radius 3 is 2.67 bits per heavy atom. The van der Waals surface area contributed by atoms with Crippen LogP contribution in [0.2, 0.25) is 0 Å². The van der Waals surface area contributed by atoms with Crippen molar-refractivity contribution in [1.29, 1.82) is 0 Å². The zero-order valence-electron chi connectivity index (χ0n) is 18.6. The van der Waals surface area contributed by atoms with Gasteiger partial charge in [-0.2, -0.15) is 0 Å². The van der Waals surface area contributed by atoms with Gasteiger partial charge in [-0.1, -0.05) is 43.8 Å². The van der Waals surface area contributed by atoms with Crippen molar-refractivity contribution in [2.75, 3.05) is 36.6 Å². The highest BCUT2D eigenvalue weighted by Crippen LogP contribution is 2.24. The number of nitrogens with one attached hydrogen (secondary N) is 1. The van der Waals surface area contributed by atoms with E-state index in [1.165, 1.54) is 16.6 Å². The number of carbonyl (C=O) groups excluding carboxylic acids is 1. The van der Waals surface area contributed by atoms with E-state index in [0.29, 0.717) is 12.4 Å². The number of anilines is 2. The molecule has 3 aromatic rings. The molecule has 0 spiro atoms. The number of thioether (sulfide) groups is 1. The van der Waals surface area contributed by atoms with Crippen LogP contribution in [0.15, 0.2) is 49.6 Å². The van der Waals surface area contributed by atoms with Crippen molar-refractivity contribution in [2.45, 2.75) is 25.6 Å². The third kappa shape index (κ3) is 5.90. The summed E-state index contributed by atoms with van der Waals surface area (Å²) < 4.78 is 12.0. The van der Waals surface area contributed by atoms with Crippen LogP contribution in [0.5, 0.6) is 0 Å². The molecule has 1 aromatic carbocycles. The van der Waals surface area contributed by atoms with Crippen LogP contribution in [-0.2, 0) is 16.1 Å². The first-order valence-electron chi connectivity index (χ1n) is 10.3. The van der Waals surface area contributed by atoms with Crippen LogP contribution in [0.25, 0.3) is 11.5 Å². The zero-order valence-corrected chi connectivity index (χ0v) is 19.4. The second-order valence-electron chi connectivity index (χ2n) is 7.56. The van der Waals surface area contributed by atoms with Gasteiger partial charge < -0.3 is 19.8 Å². The summed E-state index contributed by atoms with van der Waals surface area (Å²) in [5.74, 6) is -0.163. The third-order valence-corrected chi connectivity index (χ3v) is 5.40. The summed E-state index contributed by atoms with van der Waals surface area (Å²) >= 11 is 1.04. The first kappa shape index (κ1) is 24.3. The Balaban J connectivity index is 1.83. The standard InChI is InChI=1S/C21H26N6O5S/c1-13(2)11-27-17(22)16(18(29)23-20(27)30)26(9-10-31-3)15(28)12-33-21-25-24-19(32-21)14-7-5-4-6-8-14/h4-8,13H,9-12,22H2,1-3H3,(H,23,29,30). The number of H-pyrrole nitrogens is 1. The fraction of sp³-hybridized carbons (Fsp3) is 0.381. The lowest BCUT2D eigenvalue weighted by Gasteiger charge is -2.24. The van der Waals surface area contributed by atoms with Gasteiger partial charge in [0.25, 0.3) is 10.8 Å². The minimum Gasteiger partial charge on any atom is -0.411 e. The van der Waals surface area contributed by atoms with Gasteiger partial charge in [-0.15, -0.1) is 10.2 Å². The van der Waals surface area contributed by atoms with Crippen molar-refractivity contribution in [2.24, 2.45) is 5.92 Å². The molecule has 0 aliphatic carbocycles. The molecule has 3 rings (SSSR count). The number of benzene rings is 1. The molecule has 0 aliphatic heterocycles. The van der Waals surface area contributed by atoms with E-state index >= 15 is 0 Å². The van der Waals surface area contributed by atoms with Gasteiger partial charge in [0.15, 0.2) is 5.69 Å². The van der Waals surface area contributed by atoms with Crippen molar-refractivity contribution in [3.8, 4) is 11.5 Å². The van der Waals surface area contributed by atoms with E-state index in [1.54, 1.807) is 0 Å². The fourth-order valence-electron chi connectivity index (χ4n) is 3.10. The van der Waals surface area contributed by atoms with E-state index in [4.69, 9.17) is 14.9 Å². The monoisotopic (exact) mass is 474 g/mol. The SMILES string of the molecule is COCCN(C(=O)CSc1nnc(-c2ccccc2)o1)c1c(N)n(CC(C)C)c(=O)[nH]c1=O. The summed E-state index contributed by atoms with van der Waals surface area (Å²) in [6.45, 7) is 4.35. The van der Waals surface area contributed by atoms with Crippen LogP contribution >= 0.6 is 11.8 Å². The average Bonchev–Trinajstić information content (AvgIpc) is 3.26. The summed E-state index contributed by atoms with van der Waals surface area (Å²) in [7, 11) is 1.48. The molecule has 0 radical (unpaired) electrons. The van der Waals surface area contributed by atoms with Gasteiger partial charge in [-0.25, -0.2) is 4.79 Å². The summed E-state index contributed by atoms with van der Waals surface area (Å²) in [5, 5.41) is 8.17. The molecule has 0 saturated heterocycles. The van der Waals surface area contributed by atoms with Gasteiger partial charge in [-0.3, -0.25) is 19.1 Å². The lowest BCUT2D eigenvalue weighted by atomic mass is 10.2. The number of ether oxygens (including phenoxy) is 1. The lowest BCUT2D eigenvalue weighted by Crippen LogP contribution is -2.43. The lowest BCUT2D eigenvalue weighted by molar-refractivity contribution is -0.116. The van der Waals surface area contributed by atoms with Crippen molar-refractivity contribution in [3.05, 3.63) is 51.2 Å². The molecule has 0 unspecified atom stereocenters. The van der Waals surface area contributed by atoms with Crippen LogP contribution in [0.1, 0.15) is 13.8 Å². The Kier molecular flexibility index (Phi) is 8.06. The first-order valence-corrected chi connectivity index (χ1v) is 11.2. The molecule has 0 saturated carbocycles. The number of carbonyl (C=O) groups is 1. The van der Waals surface area contributed by atoms with Crippen molar-refractivity contribution < 1.29 is 13.9 Å². The molecule has 2 heterocycles. The summed E-state index contributed by atoms with van der Waals surface area (Å²) in [5.41, 5.74) is 5.49. The number of nitrogens with two attached hydrogens (primary N) is 1. The molecule has 0 fully saturated rings. The highest BCUT2D eigenvalue weighted by molar-refractivity contribution is 7.99. The quantitative estimate of drug-likeness (QED) is 0.418.